The number of rotatable bonds is 4. The van der Waals surface area contributed by atoms with Gasteiger partial charge >= 0.3 is 0 Å². The monoisotopic (exact) mass is 462 g/mol. The van der Waals surface area contributed by atoms with Crippen LogP contribution in [0.1, 0.15) is 18.9 Å². The van der Waals surface area contributed by atoms with Gasteiger partial charge in [0.15, 0.2) is 5.65 Å². The number of benzene rings is 1. The highest BCUT2D eigenvalue weighted by Gasteiger charge is 2.25. The predicted octanol–water partition coefficient (Wildman–Crippen LogP) is 2.97. The van der Waals surface area contributed by atoms with Crippen molar-refractivity contribution in [1.82, 2.24) is 34.2 Å². The molecule has 5 heterocycles. The van der Waals surface area contributed by atoms with E-state index in [1.165, 1.54) is 0 Å². The van der Waals surface area contributed by atoms with E-state index in [1.54, 1.807) is 10.9 Å². The molecule has 1 aromatic carbocycles. The summed E-state index contributed by atoms with van der Waals surface area (Å²) >= 11 is 0. The van der Waals surface area contributed by atoms with Crippen LogP contribution in [0.5, 0.6) is 0 Å². The predicted molar refractivity (Wildman–Crippen MR) is 125 cm³/mol. The van der Waals surface area contributed by atoms with Gasteiger partial charge in [-0.3, -0.25) is 9.36 Å². The second kappa shape index (κ2) is 7.41. The summed E-state index contributed by atoms with van der Waals surface area (Å²) < 4.78 is 29.0. The molecular formula is C22H22N8O2S. The lowest BCUT2D eigenvalue weighted by Gasteiger charge is -2.22. The van der Waals surface area contributed by atoms with Crippen LogP contribution in [0.2, 0.25) is 0 Å². The van der Waals surface area contributed by atoms with Gasteiger partial charge in [0.1, 0.15) is 9.84 Å². The van der Waals surface area contributed by atoms with Crippen molar-refractivity contribution in [2.45, 2.75) is 18.9 Å². The van der Waals surface area contributed by atoms with Gasteiger partial charge in [0.2, 0.25) is 5.95 Å². The van der Waals surface area contributed by atoms with Crippen LogP contribution in [0.25, 0.3) is 27.8 Å². The number of pyridine rings is 1. The summed E-state index contributed by atoms with van der Waals surface area (Å²) in [6.45, 7) is 0. The minimum Gasteiger partial charge on any atom is -0.320 e. The van der Waals surface area contributed by atoms with Gasteiger partial charge < -0.3 is 5.32 Å². The first-order valence-corrected chi connectivity index (χ1v) is 12.6. The molecule has 11 heteroatoms. The SMILES string of the molecule is Cn1cc(Nc2nc3cccc(-c4ccc5nn(C6CCS(=O)(=O)CC6)cc5c4)n3n2)cn1. The topological polar surface area (TPSA) is 112 Å². The van der Waals surface area contributed by atoms with Gasteiger partial charge in [0, 0.05) is 30.4 Å². The first kappa shape index (κ1) is 19.9. The van der Waals surface area contributed by atoms with Crippen LogP contribution in [-0.4, -0.2) is 54.1 Å². The maximum absolute atomic E-state index is 11.8. The van der Waals surface area contributed by atoms with Gasteiger partial charge in [-0.05, 0) is 37.1 Å². The number of aryl methyl sites for hydroxylation is 1. The fraction of sp³-hybridized carbons (Fsp3) is 0.273. The molecular weight excluding hydrogens is 440 g/mol. The van der Waals surface area contributed by atoms with E-state index in [0.717, 1.165) is 33.5 Å². The molecule has 1 fully saturated rings. The fourth-order valence-electron chi connectivity index (χ4n) is 4.32. The van der Waals surface area contributed by atoms with Crippen molar-refractivity contribution < 1.29 is 8.42 Å². The van der Waals surface area contributed by atoms with Crippen LogP contribution in [0.3, 0.4) is 0 Å². The summed E-state index contributed by atoms with van der Waals surface area (Å²) in [4.78, 5) is 4.58. The highest BCUT2D eigenvalue weighted by Crippen LogP contribution is 2.28. The number of fused-ring (bicyclic) bond motifs is 2. The normalized spacial score (nSPS) is 16.5. The fourth-order valence-corrected chi connectivity index (χ4v) is 5.79. The first-order valence-electron chi connectivity index (χ1n) is 10.7. The lowest BCUT2D eigenvalue weighted by molar-refractivity contribution is 0.416. The number of nitrogens with zero attached hydrogens (tertiary/aromatic N) is 7. The quantitative estimate of drug-likeness (QED) is 0.437. The Morgan fingerprint density at radius 3 is 2.70 bits per heavy atom. The van der Waals surface area contributed by atoms with Gasteiger partial charge in [-0.15, -0.1) is 5.10 Å². The van der Waals surface area contributed by atoms with E-state index < -0.39 is 9.84 Å². The molecule has 4 aromatic heterocycles. The maximum atomic E-state index is 11.8. The van der Waals surface area contributed by atoms with Gasteiger partial charge in [0.05, 0.1) is 40.6 Å². The standard InChI is InChI=1S/C22H22N8O2S/c1-28-14-17(12-23-28)24-22-25-21-4-2-3-20(30(21)27-22)15-5-6-19-16(11-15)13-29(26-19)18-7-9-33(31,32)10-8-18/h2-6,11-14,18H,7-10H2,1H3,(H,24,27). The molecule has 0 amide bonds. The highest BCUT2D eigenvalue weighted by atomic mass is 32.2. The summed E-state index contributed by atoms with van der Waals surface area (Å²) in [5.41, 5.74) is 4.35. The molecule has 6 rings (SSSR count). The Morgan fingerprint density at radius 1 is 1.06 bits per heavy atom. The van der Waals surface area contributed by atoms with Crippen molar-refractivity contribution in [3.63, 3.8) is 0 Å². The molecule has 0 atom stereocenters. The molecule has 0 aliphatic carbocycles. The second-order valence-electron chi connectivity index (χ2n) is 8.41. The molecule has 168 valence electrons. The number of hydrogen-bond donors (Lipinski definition) is 1. The van der Waals surface area contributed by atoms with E-state index in [1.807, 2.05) is 59.0 Å². The lowest BCUT2D eigenvalue weighted by Crippen LogP contribution is -2.25. The number of sulfone groups is 1. The number of anilines is 2. The Labute approximate surface area is 189 Å². The summed E-state index contributed by atoms with van der Waals surface area (Å²) in [7, 11) is -1.04. The minimum atomic E-state index is -2.90. The molecule has 5 aromatic rings. The average molecular weight is 463 g/mol. The molecule has 33 heavy (non-hydrogen) atoms. The van der Waals surface area contributed by atoms with Gasteiger partial charge in [-0.1, -0.05) is 12.1 Å². The Kier molecular flexibility index (Phi) is 4.47. The number of aromatic nitrogens is 7. The van der Waals surface area contributed by atoms with E-state index in [2.05, 4.69) is 26.6 Å². The molecule has 0 spiro atoms. The molecule has 0 saturated carbocycles. The third-order valence-electron chi connectivity index (χ3n) is 6.04. The number of hydrogen-bond acceptors (Lipinski definition) is 7. The molecule has 0 unspecified atom stereocenters. The van der Waals surface area contributed by atoms with Crippen LogP contribution < -0.4 is 5.32 Å². The van der Waals surface area contributed by atoms with E-state index in [0.29, 0.717) is 18.8 Å². The third kappa shape index (κ3) is 3.74. The van der Waals surface area contributed by atoms with Crippen LogP contribution in [-0.2, 0) is 16.9 Å². The average Bonchev–Trinajstić information content (AvgIpc) is 3.50. The largest absolute Gasteiger partial charge is 0.320 e. The Balaban J connectivity index is 1.33. The molecule has 0 bridgehead atoms. The summed E-state index contributed by atoms with van der Waals surface area (Å²) in [6.07, 6.45) is 6.81. The summed E-state index contributed by atoms with van der Waals surface area (Å²) in [5, 5.41) is 17.7. The zero-order valence-corrected chi connectivity index (χ0v) is 18.8. The zero-order valence-electron chi connectivity index (χ0n) is 18.0. The Hall–Kier alpha value is -3.73. The van der Waals surface area contributed by atoms with Crippen molar-refractivity contribution in [3.05, 3.63) is 55.0 Å². The first-order chi connectivity index (χ1) is 15.9. The van der Waals surface area contributed by atoms with Crippen LogP contribution in [0.4, 0.5) is 11.6 Å². The Morgan fingerprint density at radius 2 is 1.91 bits per heavy atom. The Bertz CT molecular complexity index is 1580. The smallest absolute Gasteiger partial charge is 0.247 e. The van der Waals surface area contributed by atoms with E-state index >= 15 is 0 Å². The third-order valence-corrected chi connectivity index (χ3v) is 7.75. The second-order valence-corrected chi connectivity index (χ2v) is 10.7. The zero-order chi connectivity index (χ0) is 22.6. The molecule has 10 nitrogen and oxygen atoms in total. The van der Waals surface area contributed by atoms with Crippen molar-refractivity contribution in [3.8, 4) is 11.3 Å². The van der Waals surface area contributed by atoms with E-state index in [9.17, 15) is 8.42 Å². The number of nitrogens with one attached hydrogen (secondary N) is 1. The minimum absolute atomic E-state index is 0.115. The molecule has 1 aliphatic rings. The maximum Gasteiger partial charge on any atom is 0.247 e. The van der Waals surface area contributed by atoms with Gasteiger partial charge in [-0.25, -0.2) is 12.9 Å². The van der Waals surface area contributed by atoms with Crippen molar-refractivity contribution in [2.24, 2.45) is 7.05 Å². The van der Waals surface area contributed by atoms with Crippen molar-refractivity contribution in [2.75, 3.05) is 16.8 Å². The van der Waals surface area contributed by atoms with Gasteiger partial charge in [0.25, 0.3) is 0 Å². The van der Waals surface area contributed by atoms with Crippen LogP contribution in [0, 0.1) is 0 Å². The van der Waals surface area contributed by atoms with Crippen molar-refractivity contribution >= 4 is 38.0 Å². The summed E-state index contributed by atoms with van der Waals surface area (Å²) in [5.74, 6) is 0.947. The molecule has 1 N–H and O–H groups in total. The molecule has 1 saturated heterocycles. The van der Waals surface area contributed by atoms with Crippen molar-refractivity contribution in [1.29, 1.82) is 0 Å². The van der Waals surface area contributed by atoms with Crippen LogP contribution >= 0.6 is 0 Å². The van der Waals surface area contributed by atoms with Gasteiger partial charge in [-0.2, -0.15) is 15.2 Å². The molecule has 1 aliphatic heterocycles. The summed E-state index contributed by atoms with van der Waals surface area (Å²) in [6, 6.07) is 12.1. The molecule has 0 radical (unpaired) electrons. The lowest BCUT2D eigenvalue weighted by atomic mass is 10.1. The van der Waals surface area contributed by atoms with E-state index in [4.69, 9.17) is 5.10 Å². The van der Waals surface area contributed by atoms with E-state index in [-0.39, 0.29) is 17.5 Å². The highest BCUT2D eigenvalue weighted by molar-refractivity contribution is 7.91. The van der Waals surface area contributed by atoms with Crippen LogP contribution in [0.15, 0.2) is 55.0 Å².